The molecule has 5 rings (SSSR count). The van der Waals surface area contributed by atoms with Crippen LogP contribution in [0.4, 0.5) is 5.69 Å². The molecule has 2 amide bonds. The number of aromatic nitrogens is 3. The van der Waals surface area contributed by atoms with Crippen LogP contribution in [-0.4, -0.2) is 65.3 Å². The number of thioether (sulfide) groups is 1. The predicted molar refractivity (Wildman–Crippen MR) is 167 cm³/mol. The Bertz CT molecular complexity index is 1690. The lowest BCUT2D eigenvalue weighted by molar-refractivity contribution is -0.113. The van der Waals surface area contributed by atoms with Gasteiger partial charge in [-0.1, -0.05) is 27.7 Å². The fraction of sp³-hybridized carbons (Fsp3) is 0.241. The number of halogens is 1. The summed E-state index contributed by atoms with van der Waals surface area (Å²) in [5.74, 6) is 0.632. The second-order valence-corrected chi connectivity index (χ2v) is 13.4. The van der Waals surface area contributed by atoms with Crippen LogP contribution in [0.25, 0.3) is 5.69 Å². The topological polar surface area (TPSA) is 136 Å². The van der Waals surface area contributed by atoms with Gasteiger partial charge in [-0.15, -0.1) is 10.2 Å². The number of hydrogen-bond acceptors (Lipinski definition) is 8. The van der Waals surface area contributed by atoms with E-state index in [1.165, 1.54) is 40.3 Å². The molecule has 1 aliphatic heterocycles. The molecule has 14 heteroatoms. The summed E-state index contributed by atoms with van der Waals surface area (Å²) < 4.78 is 34.9. The lowest BCUT2D eigenvalue weighted by Gasteiger charge is -2.15. The van der Waals surface area contributed by atoms with Gasteiger partial charge in [-0.05, 0) is 85.6 Å². The molecule has 2 heterocycles. The van der Waals surface area contributed by atoms with Gasteiger partial charge in [0.05, 0.1) is 24.3 Å². The number of amides is 2. The smallest absolute Gasteiger partial charge is 0.251 e. The Hall–Kier alpha value is -3.72. The number of rotatable bonds is 11. The van der Waals surface area contributed by atoms with E-state index in [4.69, 9.17) is 4.74 Å². The van der Waals surface area contributed by atoms with Crippen molar-refractivity contribution >= 4 is 55.2 Å². The van der Waals surface area contributed by atoms with Gasteiger partial charge in [0.25, 0.3) is 5.91 Å². The molecule has 43 heavy (non-hydrogen) atoms. The number of ether oxygens (including phenoxy) is 1. The average molecular weight is 686 g/mol. The van der Waals surface area contributed by atoms with Crippen LogP contribution in [0.15, 0.2) is 87.3 Å². The zero-order valence-electron chi connectivity index (χ0n) is 23.2. The molecule has 1 aliphatic rings. The summed E-state index contributed by atoms with van der Waals surface area (Å²) in [5, 5.41) is 14.7. The van der Waals surface area contributed by atoms with Crippen molar-refractivity contribution in [3.63, 3.8) is 0 Å². The van der Waals surface area contributed by atoms with E-state index in [-0.39, 0.29) is 29.0 Å². The van der Waals surface area contributed by atoms with E-state index in [0.717, 1.165) is 23.0 Å². The minimum atomic E-state index is -3.56. The Kier molecular flexibility index (Phi) is 9.80. The molecule has 1 aromatic heterocycles. The molecule has 0 spiro atoms. The number of sulfonamides is 1. The normalized spacial score (nSPS) is 13.5. The van der Waals surface area contributed by atoms with Crippen molar-refractivity contribution in [2.24, 2.45) is 0 Å². The second kappa shape index (κ2) is 13.7. The zero-order valence-corrected chi connectivity index (χ0v) is 26.4. The molecule has 0 atom stereocenters. The van der Waals surface area contributed by atoms with E-state index in [2.05, 4.69) is 36.8 Å². The number of benzene rings is 3. The maximum absolute atomic E-state index is 13.0. The number of nitrogens with zero attached hydrogens (tertiary/aromatic N) is 4. The minimum Gasteiger partial charge on any atom is -0.497 e. The number of hydrogen-bond donors (Lipinski definition) is 2. The van der Waals surface area contributed by atoms with Crippen LogP contribution in [0.2, 0.25) is 0 Å². The number of methoxy groups -OCH3 is 1. The fourth-order valence-corrected chi connectivity index (χ4v) is 7.03. The third-order valence-electron chi connectivity index (χ3n) is 6.72. The fourth-order valence-electron chi connectivity index (χ4n) is 4.48. The summed E-state index contributed by atoms with van der Waals surface area (Å²) in [6.45, 7) is 1.07. The Morgan fingerprint density at radius 1 is 0.953 bits per heavy atom. The van der Waals surface area contributed by atoms with E-state index in [0.29, 0.717) is 41.1 Å². The molecule has 0 saturated carbocycles. The Labute approximate surface area is 262 Å². The van der Waals surface area contributed by atoms with E-state index in [1.54, 1.807) is 35.9 Å². The molecular weight excluding hydrogens is 656 g/mol. The number of nitrogens with one attached hydrogen (secondary N) is 2. The van der Waals surface area contributed by atoms with E-state index in [1.807, 2.05) is 24.3 Å². The average Bonchev–Trinajstić information content (AvgIpc) is 3.71. The quantitative estimate of drug-likeness (QED) is 0.221. The van der Waals surface area contributed by atoms with Gasteiger partial charge in [-0.25, -0.2) is 8.42 Å². The Morgan fingerprint density at radius 2 is 1.63 bits per heavy atom. The van der Waals surface area contributed by atoms with E-state index < -0.39 is 10.0 Å². The maximum Gasteiger partial charge on any atom is 0.251 e. The van der Waals surface area contributed by atoms with Crippen molar-refractivity contribution in [2.75, 3.05) is 31.3 Å². The second-order valence-electron chi connectivity index (χ2n) is 9.59. The van der Waals surface area contributed by atoms with Crippen LogP contribution in [0.5, 0.6) is 5.75 Å². The van der Waals surface area contributed by atoms with Gasteiger partial charge >= 0.3 is 0 Å². The van der Waals surface area contributed by atoms with Crippen molar-refractivity contribution in [3.05, 3.63) is 88.7 Å². The summed E-state index contributed by atoms with van der Waals surface area (Å²) in [5.41, 5.74) is 1.72. The molecule has 4 aromatic rings. The van der Waals surface area contributed by atoms with Gasteiger partial charge in [0.15, 0.2) is 11.0 Å². The van der Waals surface area contributed by atoms with Gasteiger partial charge in [-0.2, -0.15) is 4.31 Å². The first kappa shape index (κ1) is 30.7. The monoisotopic (exact) mass is 684 g/mol. The van der Waals surface area contributed by atoms with Gasteiger partial charge < -0.3 is 15.4 Å². The molecule has 0 unspecified atom stereocenters. The predicted octanol–water partition coefficient (Wildman–Crippen LogP) is 4.48. The molecule has 224 valence electrons. The van der Waals surface area contributed by atoms with Gasteiger partial charge in [0.1, 0.15) is 5.75 Å². The first-order valence-corrected chi connectivity index (χ1v) is 16.6. The van der Waals surface area contributed by atoms with E-state index in [9.17, 15) is 18.0 Å². The molecule has 11 nitrogen and oxygen atoms in total. The van der Waals surface area contributed by atoms with Crippen LogP contribution in [0.1, 0.15) is 29.0 Å². The van der Waals surface area contributed by atoms with Crippen molar-refractivity contribution in [2.45, 2.75) is 29.4 Å². The SMILES string of the molecule is COc1ccc(NC(=O)CSc2nnc(CNC(=O)c3ccc(S(=O)(=O)N4CCCC4)cc3)n2-c2ccc(Br)cc2)cc1. The number of carbonyl (C=O) groups excluding carboxylic acids is 2. The molecule has 0 bridgehead atoms. The van der Waals surface area contributed by atoms with Gasteiger partial charge in [-0.3, -0.25) is 14.2 Å². The zero-order chi connectivity index (χ0) is 30.4. The summed E-state index contributed by atoms with van der Waals surface area (Å²) in [7, 11) is -1.99. The summed E-state index contributed by atoms with van der Waals surface area (Å²) in [4.78, 5) is 25.8. The number of carbonyl (C=O) groups is 2. The van der Waals surface area contributed by atoms with Crippen LogP contribution in [0.3, 0.4) is 0 Å². The molecular formula is C29H29BrN6O5S2. The van der Waals surface area contributed by atoms with Crippen LogP contribution < -0.4 is 15.4 Å². The van der Waals surface area contributed by atoms with Gasteiger partial charge in [0, 0.05) is 34.5 Å². The first-order chi connectivity index (χ1) is 20.7. The van der Waals surface area contributed by atoms with Crippen molar-refractivity contribution in [1.29, 1.82) is 0 Å². The molecule has 2 N–H and O–H groups in total. The highest BCUT2D eigenvalue weighted by molar-refractivity contribution is 9.10. The van der Waals surface area contributed by atoms with E-state index >= 15 is 0 Å². The summed E-state index contributed by atoms with van der Waals surface area (Å²) in [6.07, 6.45) is 1.70. The van der Waals surface area contributed by atoms with Crippen LogP contribution in [-0.2, 0) is 21.4 Å². The minimum absolute atomic E-state index is 0.0499. The lowest BCUT2D eigenvalue weighted by atomic mass is 10.2. The summed E-state index contributed by atoms with van der Waals surface area (Å²) in [6, 6.07) is 20.5. The highest BCUT2D eigenvalue weighted by atomic mass is 79.9. The molecule has 1 saturated heterocycles. The first-order valence-electron chi connectivity index (χ1n) is 13.4. The molecule has 3 aromatic carbocycles. The third kappa shape index (κ3) is 7.44. The largest absolute Gasteiger partial charge is 0.497 e. The Morgan fingerprint density at radius 3 is 2.28 bits per heavy atom. The van der Waals surface area contributed by atoms with Crippen LogP contribution >= 0.6 is 27.7 Å². The number of anilines is 1. The molecule has 1 fully saturated rings. The molecule has 0 radical (unpaired) electrons. The molecule has 0 aliphatic carbocycles. The third-order valence-corrected chi connectivity index (χ3v) is 10.1. The van der Waals surface area contributed by atoms with Crippen LogP contribution in [0, 0.1) is 0 Å². The highest BCUT2D eigenvalue weighted by Gasteiger charge is 2.27. The van der Waals surface area contributed by atoms with Crippen molar-refractivity contribution < 1.29 is 22.7 Å². The van der Waals surface area contributed by atoms with Crippen molar-refractivity contribution in [3.8, 4) is 11.4 Å². The highest BCUT2D eigenvalue weighted by Crippen LogP contribution is 2.25. The maximum atomic E-state index is 13.0. The lowest BCUT2D eigenvalue weighted by Crippen LogP contribution is -2.28. The van der Waals surface area contributed by atoms with Gasteiger partial charge in [0.2, 0.25) is 15.9 Å². The van der Waals surface area contributed by atoms with Crippen molar-refractivity contribution in [1.82, 2.24) is 24.4 Å². The standard InChI is InChI=1S/C29H29BrN6O5S2/c1-41-24-12-8-22(9-13-24)32-27(37)19-42-29-34-33-26(36(29)23-10-6-21(30)7-11-23)18-31-28(38)20-4-14-25(15-5-20)43(39,40)35-16-2-3-17-35/h4-15H,2-3,16-19H2,1H3,(H,31,38)(H,32,37). The Balaban J connectivity index is 1.27. The summed E-state index contributed by atoms with van der Waals surface area (Å²) >= 11 is 4.66.